The van der Waals surface area contributed by atoms with E-state index in [-0.39, 0.29) is 6.04 Å². The molecule has 0 saturated carbocycles. The molecule has 3 nitrogen and oxygen atoms in total. The Morgan fingerprint density at radius 1 is 1.24 bits per heavy atom. The molecule has 1 aromatic carbocycles. The first-order valence-corrected chi connectivity index (χ1v) is 8.12. The Morgan fingerprint density at radius 3 is 2.71 bits per heavy atom. The largest absolute Gasteiger partial charge is 0.304 e. The third-order valence-electron chi connectivity index (χ3n) is 3.24. The molecule has 0 saturated heterocycles. The molecule has 3 aromatic rings. The zero-order chi connectivity index (χ0) is 14.7. The lowest BCUT2D eigenvalue weighted by atomic mass is 10.1. The van der Waals surface area contributed by atoms with Crippen molar-refractivity contribution in [3.8, 4) is 5.69 Å². The molecule has 21 heavy (non-hydrogen) atoms. The van der Waals surface area contributed by atoms with Crippen LogP contribution in [0.25, 0.3) is 5.69 Å². The van der Waals surface area contributed by atoms with Gasteiger partial charge in [-0.2, -0.15) is 5.10 Å². The molecule has 0 amide bonds. The number of aromatic nitrogens is 2. The van der Waals surface area contributed by atoms with Crippen LogP contribution in [-0.2, 0) is 0 Å². The van der Waals surface area contributed by atoms with Gasteiger partial charge in [-0.25, -0.2) is 4.68 Å². The van der Waals surface area contributed by atoms with E-state index in [0.717, 1.165) is 27.8 Å². The van der Waals surface area contributed by atoms with E-state index in [9.17, 15) is 0 Å². The van der Waals surface area contributed by atoms with E-state index in [1.807, 2.05) is 58.7 Å². The molecule has 2 aromatic heterocycles. The molecule has 1 N–H and O–H groups in total. The number of nitrogens with zero attached hydrogens (tertiary/aromatic N) is 2. The number of hydrogen-bond acceptors (Lipinski definition) is 3. The van der Waals surface area contributed by atoms with E-state index in [1.165, 1.54) is 0 Å². The monoisotopic (exact) mass is 317 g/mol. The van der Waals surface area contributed by atoms with Gasteiger partial charge in [0.15, 0.2) is 0 Å². The van der Waals surface area contributed by atoms with Crippen LogP contribution in [0, 0.1) is 0 Å². The molecule has 2 heterocycles. The van der Waals surface area contributed by atoms with Crippen molar-refractivity contribution in [3.05, 3.63) is 69.6 Å². The molecule has 0 bridgehead atoms. The molecular formula is C16H16ClN3S. The van der Waals surface area contributed by atoms with Crippen LogP contribution < -0.4 is 5.32 Å². The number of halogens is 1. The molecule has 0 radical (unpaired) electrons. The second-order valence-corrected chi connectivity index (χ2v) is 6.00. The highest BCUT2D eigenvalue weighted by Gasteiger charge is 2.20. The first kappa shape index (κ1) is 14.3. The fourth-order valence-electron chi connectivity index (χ4n) is 2.26. The molecule has 0 aliphatic heterocycles. The van der Waals surface area contributed by atoms with Gasteiger partial charge in [0.1, 0.15) is 0 Å². The number of para-hydroxylation sites is 1. The number of thiophene rings is 1. The summed E-state index contributed by atoms with van der Waals surface area (Å²) in [6.45, 7) is 2.94. The van der Waals surface area contributed by atoms with Crippen LogP contribution in [0.15, 0.2) is 54.0 Å². The van der Waals surface area contributed by atoms with Gasteiger partial charge in [-0.05, 0) is 36.2 Å². The van der Waals surface area contributed by atoms with Crippen molar-refractivity contribution in [2.45, 2.75) is 13.0 Å². The quantitative estimate of drug-likeness (QED) is 0.761. The van der Waals surface area contributed by atoms with E-state index in [4.69, 9.17) is 16.7 Å². The average Bonchev–Trinajstić information content (AvgIpc) is 3.15. The van der Waals surface area contributed by atoms with Gasteiger partial charge in [0.25, 0.3) is 0 Å². The van der Waals surface area contributed by atoms with E-state index in [1.54, 1.807) is 11.3 Å². The van der Waals surface area contributed by atoms with Crippen molar-refractivity contribution in [3.63, 3.8) is 0 Å². The molecule has 108 valence electrons. The smallest absolute Gasteiger partial charge is 0.0878 e. The van der Waals surface area contributed by atoms with E-state index in [2.05, 4.69) is 12.2 Å². The minimum absolute atomic E-state index is 0.0347. The van der Waals surface area contributed by atoms with Crippen LogP contribution in [0.2, 0.25) is 5.02 Å². The molecule has 0 aliphatic carbocycles. The molecule has 0 fully saturated rings. The Balaban J connectivity index is 1.95. The van der Waals surface area contributed by atoms with Gasteiger partial charge in [0, 0.05) is 11.1 Å². The Labute approximate surface area is 133 Å². The summed E-state index contributed by atoms with van der Waals surface area (Å²) in [6.07, 6.45) is 1.98. The molecule has 1 unspecified atom stereocenters. The predicted octanol–water partition coefficient (Wildman–Crippen LogP) is 4.29. The molecule has 0 spiro atoms. The fourth-order valence-corrected chi connectivity index (χ4v) is 3.52. The fraction of sp³-hybridized carbons (Fsp3) is 0.188. The van der Waals surface area contributed by atoms with Gasteiger partial charge in [-0.3, -0.25) is 0 Å². The second-order valence-electron chi connectivity index (χ2n) is 4.64. The maximum absolute atomic E-state index is 6.28. The SMILES string of the molecule is CCNC(c1ccn(-c2ccccc2)n1)c1sccc1Cl. The van der Waals surface area contributed by atoms with Crippen LogP contribution in [0.1, 0.15) is 23.5 Å². The third kappa shape index (κ3) is 3.02. The zero-order valence-corrected chi connectivity index (χ0v) is 13.2. The number of nitrogens with one attached hydrogen (secondary N) is 1. The number of hydrogen-bond donors (Lipinski definition) is 1. The highest BCUT2D eigenvalue weighted by Crippen LogP contribution is 2.32. The van der Waals surface area contributed by atoms with E-state index < -0.39 is 0 Å². The lowest BCUT2D eigenvalue weighted by molar-refractivity contribution is 0.616. The summed E-state index contributed by atoms with van der Waals surface area (Å²) >= 11 is 7.93. The highest BCUT2D eigenvalue weighted by molar-refractivity contribution is 7.10. The number of rotatable bonds is 5. The average molecular weight is 318 g/mol. The van der Waals surface area contributed by atoms with Gasteiger partial charge in [0.05, 0.1) is 22.4 Å². The Bertz CT molecular complexity index is 705. The highest BCUT2D eigenvalue weighted by atomic mass is 35.5. The lowest BCUT2D eigenvalue weighted by Crippen LogP contribution is -2.22. The van der Waals surface area contributed by atoms with Crippen molar-refractivity contribution < 1.29 is 0 Å². The van der Waals surface area contributed by atoms with Crippen LogP contribution in [0.4, 0.5) is 0 Å². The van der Waals surface area contributed by atoms with Crippen molar-refractivity contribution in [2.24, 2.45) is 0 Å². The molecule has 0 aliphatic rings. The van der Waals surface area contributed by atoms with Gasteiger partial charge >= 0.3 is 0 Å². The zero-order valence-electron chi connectivity index (χ0n) is 11.7. The molecular weight excluding hydrogens is 302 g/mol. The standard InChI is InChI=1S/C16H16ClN3S/c1-2-18-15(16-13(17)9-11-21-16)14-8-10-20(19-14)12-6-4-3-5-7-12/h3-11,15,18H,2H2,1H3. The van der Waals surface area contributed by atoms with Gasteiger partial charge < -0.3 is 5.32 Å². The number of benzene rings is 1. The minimum atomic E-state index is 0.0347. The van der Waals surface area contributed by atoms with Crippen LogP contribution in [-0.4, -0.2) is 16.3 Å². The van der Waals surface area contributed by atoms with Gasteiger partial charge in [-0.15, -0.1) is 11.3 Å². The lowest BCUT2D eigenvalue weighted by Gasteiger charge is -2.14. The summed E-state index contributed by atoms with van der Waals surface area (Å²) in [5.74, 6) is 0. The first-order chi connectivity index (χ1) is 10.3. The Morgan fingerprint density at radius 2 is 2.05 bits per heavy atom. The van der Waals surface area contributed by atoms with Crippen LogP contribution in [0.3, 0.4) is 0 Å². The summed E-state index contributed by atoms with van der Waals surface area (Å²) < 4.78 is 1.89. The predicted molar refractivity (Wildman–Crippen MR) is 88.4 cm³/mol. The summed E-state index contributed by atoms with van der Waals surface area (Å²) in [4.78, 5) is 1.11. The Hall–Kier alpha value is -1.62. The molecule has 1 atom stereocenters. The van der Waals surface area contributed by atoms with Crippen LogP contribution >= 0.6 is 22.9 Å². The maximum atomic E-state index is 6.28. The summed E-state index contributed by atoms with van der Waals surface area (Å²) in [6, 6.07) is 14.1. The third-order valence-corrected chi connectivity index (χ3v) is 4.66. The van der Waals surface area contributed by atoms with Gasteiger partial charge in [-0.1, -0.05) is 36.7 Å². The molecule has 5 heteroatoms. The van der Waals surface area contributed by atoms with Crippen molar-refractivity contribution in [1.82, 2.24) is 15.1 Å². The van der Waals surface area contributed by atoms with E-state index in [0.29, 0.717) is 0 Å². The Kier molecular flexibility index (Phi) is 4.39. The summed E-state index contributed by atoms with van der Waals surface area (Å²) in [7, 11) is 0. The van der Waals surface area contributed by atoms with Crippen LogP contribution in [0.5, 0.6) is 0 Å². The second kappa shape index (κ2) is 6.43. The molecule has 3 rings (SSSR count). The van der Waals surface area contributed by atoms with Gasteiger partial charge in [0.2, 0.25) is 0 Å². The van der Waals surface area contributed by atoms with Crippen molar-refractivity contribution in [1.29, 1.82) is 0 Å². The van der Waals surface area contributed by atoms with Crippen molar-refractivity contribution in [2.75, 3.05) is 6.54 Å². The maximum Gasteiger partial charge on any atom is 0.0878 e. The summed E-state index contributed by atoms with van der Waals surface area (Å²) in [5, 5.41) is 11.0. The topological polar surface area (TPSA) is 29.9 Å². The first-order valence-electron chi connectivity index (χ1n) is 6.87. The normalized spacial score (nSPS) is 12.5. The minimum Gasteiger partial charge on any atom is -0.304 e. The van der Waals surface area contributed by atoms with Crippen molar-refractivity contribution >= 4 is 22.9 Å². The summed E-state index contributed by atoms with van der Waals surface area (Å²) in [5.41, 5.74) is 2.03. The van der Waals surface area contributed by atoms with E-state index >= 15 is 0 Å².